The van der Waals surface area contributed by atoms with Gasteiger partial charge in [0, 0.05) is 12.6 Å². The minimum atomic E-state index is 0.609. The van der Waals surface area contributed by atoms with Crippen molar-refractivity contribution in [2.75, 3.05) is 11.9 Å². The summed E-state index contributed by atoms with van der Waals surface area (Å²) in [5.41, 5.74) is 1.90. The first-order chi connectivity index (χ1) is 10.3. The highest BCUT2D eigenvalue weighted by atomic mass is 15.2. The summed E-state index contributed by atoms with van der Waals surface area (Å²) in [6, 6.07) is 0.609. The highest BCUT2D eigenvalue weighted by Crippen LogP contribution is 2.37. The summed E-state index contributed by atoms with van der Waals surface area (Å²) < 4.78 is 2.20. The van der Waals surface area contributed by atoms with Crippen LogP contribution in [0.3, 0.4) is 0 Å². The van der Waals surface area contributed by atoms with E-state index in [1.165, 1.54) is 38.5 Å². The van der Waals surface area contributed by atoms with E-state index in [4.69, 9.17) is 0 Å². The first-order valence-corrected chi connectivity index (χ1v) is 8.22. The predicted molar refractivity (Wildman–Crippen MR) is 83.2 cm³/mol. The number of imidazole rings is 1. The molecule has 2 aliphatic carbocycles. The number of anilines is 1. The molecule has 0 spiro atoms. The lowest BCUT2D eigenvalue weighted by Gasteiger charge is -2.26. The maximum atomic E-state index is 4.53. The summed E-state index contributed by atoms with van der Waals surface area (Å²) in [6.07, 6.45) is 11.5. The van der Waals surface area contributed by atoms with Crippen molar-refractivity contribution < 1.29 is 0 Å². The average Bonchev–Trinajstić information content (AvgIpc) is 3.26. The molecule has 112 valence electrons. The fraction of sp³-hybridized carbons (Fsp3) is 0.688. The van der Waals surface area contributed by atoms with Crippen molar-refractivity contribution in [2.24, 2.45) is 11.8 Å². The van der Waals surface area contributed by atoms with Crippen LogP contribution < -0.4 is 5.32 Å². The Kier molecular flexibility index (Phi) is 3.28. The molecule has 2 aliphatic rings. The summed E-state index contributed by atoms with van der Waals surface area (Å²) in [5.74, 6) is 2.58. The number of rotatable bonds is 4. The molecule has 2 heterocycles. The third-order valence-electron chi connectivity index (χ3n) is 4.99. The minimum Gasteiger partial charge on any atom is -0.368 e. The van der Waals surface area contributed by atoms with Crippen LogP contribution in [0.15, 0.2) is 12.7 Å². The maximum Gasteiger partial charge on any atom is 0.165 e. The van der Waals surface area contributed by atoms with E-state index in [9.17, 15) is 0 Å². The molecule has 0 aliphatic heterocycles. The van der Waals surface area contributed by atoms with Gasteiger partial charge in [-0.2, -0.15) is 0 Å². The van der Waals surface area contributed by atoms with Gasteiger partial charge in [0.25, 0.3) is 0 Å². The van der Waals surface area contributed by atoms with Crippen molar-refractivity contribution in [1.82, 2.24) is 19.5 Å². The number of nitrogens with one attached hydrogen (secondary N) is 1. The topological polar surface area (TPSA) is 55.6 Å². The monoisotopic (exact) mass is 285 g/mol. The highest BCUT2D eigenvalue weighted by molar-refractivity contribution is 5.82. The Hall–Kier alpha value is -1.65. The SMILES string of the molecule is CC1CCC(CNc2ncnc3c2ncn3C2CC2)CC1. The van der Waals surface area contributed by atoms with E-state index in [0.717, 1.165) is 35.4 Å². The van der Waals surface area contributed by atoms with Gasteiger partial charge in [0.15, 0.2) is 11.5 Å². The second-order valence-electron chi connectivity index (χ2n) is 6.78. The van der Waals surface area contributed by atoms with Crippen LogP contribution in [0.5, 0.6) is 0 Å². The van der Waals surface area contributed by atoms with Crippen molar-refractivity contribution in [1.29, 1.82) is 0 Å². The van der Waals surface area contributed by atoms with Gasteiger partial charge in [-0.15, -0.1) is 0 Å². The molecule has 5 nitrogen and oxygen atoms in total. The summed E-state index contributed by atoms with van der Waals surface area (Å²) in [6.45, 7) is 3.37. The third kappa shape index (κ3) is 2.61. The van der Waals surface area contributed by atoms with Crippen LogP contribution in [0.2, 0.25) is 0 Å². The quantitative estimate of drug-likeness (QED) is 0.935. The Labute approximate surface area is 125 Å². The summed E-state index contributed by atoms with van der Waals surface area (Å²) >= 11 is 0. The van der Waals surface area contributed by atoms with Crippen LogP contribution in [0.4, 0.5) is 5.82 Å². The fourth-order valence-electron chi connectivity index (χ4n) is 3.38. The van der Waals surface area contributed by atoms with Crippen LogP contribution in [0.1, 0.15) is 51.5 Å². The zero-order chi connectivity index (χ0) is 14.2. The lowest BCUT2D eigenvalue weighted by molar-refractivity contribution is 0.300. The van der Waals surface area contributed by atoms with E-state index >= 15 is 0 Å². The first-order valence-electron chi connectivity index (χ1n) is 8.22. The van der Waals surface area contributed by atoms with Gasteiger partial charge in [-0.3, -0.25) is 0 Å². The number of aromatic nitrogens is 4. The lowest BCUT2D eigenvalue weighted by atomic mass is 9.83. The molecule has 0 amide bonds. The Bertz CT molecular complexity index is 623. The summed E-state index contributed by atoms with van der Waals surface area (Å²) in [5, 5.41) is 3.52. The molecule has 0 atom stereocenters. The molecule has 2 aromatic rings. The Morgan fingerprint density at radius 3 is 2.67 bits per heavy atom. The zero-order valence-corrected chi connectivity index (χ0v) is 12.6. The molecule has 0 saturated heterocycles. The molecule has 4 rings (SSSR count). The van der Waals surface area contributed by atoms with Gasteiger partial charge in [0.05, 0.1) is 6.33 Å². The maximum absolute atomic E-state index is 4.53. The van der Waals surface area contributed by atoms with Crippen LogP contribution in [0.25, 0.3) is 11.2 Å². The standard InChI is InChI=1S/C16H23N5/c1-11-2-4-12(5-3-11)8-17-15-14-16(19-9-18-15)21(10-20-14)13-6-7-13/h9-13H,2-8H2,1H3,(H,17,18,19). The Morgan fingerprint density at radius 1 is 1.10 bits per heavy atom. The van der Waals surface area contributed by atoms with Gasteiger partial charge in [-0.25, -0.2) is 15.0 Å². The van der Waals surface area contributed by atoms with Gasteiger partial charge >= 0.3 is 0 Å². The van der Waals surface area contributed by atoms with Gasteiger partial charge in [0.1, 0.15) is 11.8 Å². The lowest BCUT2D eigenvalue weighted by Crippen LogP contribution is -2.20. The van der Waals surface area contributed by atoms with Crippen LogP contribution in [-0.4, -0.2) is 26.1 Å². The van der Waals surface area contributed by atoms with E-state index in [-0.39, 0.29) is 0 Å². The molecule has 5 heteroatoms. The molecule has 2 fully saturated rings. The van der Waals surface area contributed by atoms with E-state index in [0.29, 0.717) is 6.04 Å². The normalized spacial score (nSPS) is 26.1. The largest absolute Gasteiger partial charge is 0.368 e. The Balaban J connectivity index is 1.48. The molecule has 0 aromatic carbocycles. The minimum absolute atomic E-state index is 0.609. The smallest absolute Gasteiger partial charge is 0.165 e. The number of fused-ring (bicyclic) bond motifs is 1. The van der Waals surface area contributed by atoms with E-state index in [1.807, 2.05) is 6.33 Å². The fourth-order valence-corrected chi connectivity index (χ4v) is 3.38. The number of hydrogen-bond acceptors (Lipinski definition) is 4. The number of hydrogen-bond donors (Lipinski definition) is 1. The van der Waals surface area contributed by atoms with Gasteiger partial charge in [-0.05, 0) is 37.5 Å². The third-order valence-corrected chi connectivity index (χ3v) is 4.99. The first kappa shape index (κ1) is 13.0. The van der Waals surface area contributed by atoms with Crippen molar-refractivity contribution >= 4 is 17.0 Å². The van der Waals surface area contributed by atoms with E-state index < -0.39 is 0 Å². The molecule has 1 N–H and O–H groups in total. The van der Waals surface area contributed by atoms with E-state index in [2.05, 4.69) is 31.8 Å². The van der Waals surface area contributed by atoms with Crippen molar-refractivity contribution in [3.8, 4) is 0 Å². The molecule has 2 saturated carbocycles. The molecule has 21 heavy (non-hydrogen) atoms. The average molecular weight is 285 g/mol. The molecule has 0 bridgehead atoms. The molecular weight excluding hydrogens is 262 g/mol. The molecule has 2 aromatic heterocycles. The van der Waals surface area contributed by atoms with Gasteiger partial charge < -0.3 is 9.88 Å². The van der Waals surface area contributed by atoms with E-state index in [1.54, 1.807) is 6.33 Å². The van der Waals surface area contributed by atoms with Crippen LogP contribution in [0, 0.1) is 11.8 Å². The molecule has 0 radical (unpaired) electrons. The van der Waals surface area contributed by atoms with Crippen LogP contribution >= 0.6 is 0 Å². The molecule has 0 unspecified atom stereocenters. The van der Waals surface area contributed by atoms with Gasteiger partial charge in [-0.1, -0.05) is 19.8 Å². The summed E-state index contributed by atoms with van der Waals surface area (Å²) in [4.78, 5) is 13.3. The van der Waals surface area contributed by atoms with Crippen molar-refractivity contribution in [3.63, 3.8) is 0 Å². The number of nitrogens with zero attached hydrogens (tertiary/aromatic N) is 4. The second-order valence-corrected chi connectivity index (χ2v) is 6.78. The Morgan fingerprint density at radius 2 is 1.90 bits per heavy atom. The molecular formula is C16H23N5. The van der Waals surface area contributed by atoms with Gasteiger partial charge in [0.2, 0.25) is 0 Å². The summed E-state index contributed by atoms with van der Waals surface area (Å²) in [7, 11) is 0. The van der Waals surface area contributed by atoms with Crippen molar-refractivity contribution in [3.05, 3.63) is 12.7 Å². The predicted octanol–water partition coefficient (Wildman–Crippen LogP) is 3.40. The second kappa shape index (κ2) is 5.28. The zero-order valence-electron chi connectivity index (χ0n) is 12.6. The highest BCUT2D eigenvalue weighted by Gasteiger charge is 2.26. The van der Waals surface area contributed by atoms with Crippen molar-refractivity contribution in [2.45, 2.75) is 51.5 Å². The van der Waals surface area contributed by atoms with Crippen LogP contribution in [-0.2, 0) is 0 Å².